The van der Waals surface area contributed by atoms with E-state index >= 15 is 0 Å². The van der Waals surface area contributed by atoms with Crippen LogP contribution in [0, 0.1) is 6.92 Å². The molecule has 1 aliphatic rings. The minimum Gasteiger partial charge on any atom is -0.502 e. The number of nitrogens with zero attached hydrogens (tertiary/aromatic N) is 2. The number of benzene rings is 2. The van der Waals surface area contributed by atoms with Crippen molar-refractivity contribution in [3.8, 4) is 5.75 Å². The first-order chi connectivity index (χ1) is 14.1. The largest absolute Gasteiger partial charge is 0.502 e. The lowest BCUT2D eigenvalue weighted by atomic mass is 9.96. The summed E-state index contributed by atoms with van der Waals surface area (Å²) in [5.74, 6) is 0.602. The number of hydrogen-bond donors (Lipinski definition) is 1. The zero-order valence-electron chi connectivity index (χ0n) is 16.6. The smallest absolute Gasteiger partial charge is 0.227 e. The van der Waals surface area contributed by atoms with Crippen molar-refractivity contribution in [2.24, 2.45) is 0 Å². The molecule has 0 atom stereocenters. The molecule has 1 fully saturated rings. The van der Waals surface area contributed by atoms with E-state index in [-0.39, 0.29) is 17.2 Å². The number of hydrogen-bond acceptors (Lipinski definition) is 5. The summed E-state index contributed by atoms with van der Waals surface area (Å²) < 4.78 is 5.60. The Balaban J connectivity index is 1.49. The molecule has 29 heavy (non-hydrogen) atoms. The maximum absolute atomic E-state index is 11.8. The van der Waals surface area contributed by atoms with Crippen molar-refractivity contribution in [1.82, 2.24) is 9.80 Å². The van der Waals surface area contributed by atoms with Crippen molar-refractivity contribution >= 4 is 0 Å². The standard InChI is InChI=1S/C24H26N2O3/c1-18-16-21(27)24(28)22(29-18)17-25-12-14-26(15-13-25)23(19-8-4-2-5-9-19)20-10-6-3-7-11-20/h2-11,16,23,28H,12-15,17H2,1H3. The van der Waals surface area contributed by atoms with Crippen LogP contribution in [-0.2, 0) is 6.54 Å². The molecule has 1 aliphatic heterocycles. The van der Waals surface area contributed by atoms with Gasteiger partial charge in [0.1, 0.15) is 5.76 Å². The second kappa shape index (κ2) is 8.64. The number of rotatable bonds is 5. The second-order valence-electron chi connectivity index (χ2n) is 7.53. The monoisotopic (exact) mass is 390 g/mol. The van der Waals surface area contributed by atoms with Crippen LogP contribution >= 0.6 is 0 Å². The molecule has 5 heteroatoms. The molecular formula is C24H26N2O3. The molecule has 150 valence electrons. The highest BCUT2D eigenvalue weighted by molar-refractivity contribution is 5.32. The van der Waals surface area contributed by atoms with Gasteiger partial charge in [-0.1, -0.05) is 60.7 Å². The second-order valence-corrected chi connectivity index (χ2v) is 7.53. The first kappa shape index (κ1) is 19.4. The zero-order chi connectivity index (χ0) is 20.2. The first-order valence-corrected chi connectivity index (χ1v) is 10.0. The third-order valence-electron chi connectivity index (χ3n) is 5.49. The summed E-state index contributed by atoms with van der Waals surface area (Å²) >= 11 is 0. The number of piperazine rings is 1. The molecule has 0 aliphatic carbocycles. The quantitative estimate of drug-likeness (QED) is 0.722. The van der Waals surface area contributed by atoms with Crippen molar-refractivity contribution in [1.29, 1.82) is 0 Å². The van der Waals surface area contributed by atoms with E-state index in [0.717, 1.165) is 26.2 Å². The Hall–Kier alpha value is -2.89. The van der Waals surface area contributed by atoms with Gasteiger partial charge in [0, 0.05) is 32.2 Å². The highest BCUT2D eigenvalue weighted by Gasteiger charge is 2.27. The van der Waals surface area contributed by atoms with Gasteiger partial charge in [0.05, 0.1) is 12.6 Å². The van der Waals surface area contributed by atoms with Crippen LogP contribution in [0.4, 0.5) is 0 Å². The van der Waals surface area contributed by atoms with E-state index < -0.39 is 0 Å². The van der Waals surface area contributed by atoms with E-state index in [1.807, 2.05) is 12.1 Å². The maximum atomic E-state index is 11.8. The fourth-order valence-electron chi connectivity index (χ4n) is 4.04. The van der Waals surface area contributed by atoms with E-state index in [2.05, 4.69) is 58.3 Å². The molecule has 0 spiro atoms. The molecule has 0 radical (unpaired) electrons. The van der Waals surface area contributed by atoms with E-state index in [1.165, 1.54) is 17.2 Å². The average Bonchev–Trinajstić information content (AvgIpc) is 2.75. The van der Waals surface area contributed by atoms with Gasteiger partial charge in [-0.2, -0.15) is 0 Å². The van der Waals surface area contributed by atoms with Gasteiger partial charge in [-0.3, -0.25) is 14.6 Å². The summed E-state index contributed by atoms with van der Waals surface area (Å²) in [5, 5.41) is 10.0. The van der Waals surface area contributed by atoms with Gasteiger partial charge in [0.2, 0.25) is 11.2 Å². The van der Waals surface area contributed by atoms with E-state index in [1.54, 1.807) is 6.92 Å². The van der Waals surface area contributed by atoms with Crippen LogP contribution in [-0.4, -0.2) is 41.1 Å². The minimum atomic E-state index is -0.379. The Bertz CT molecular complexity index is 954. The lowest BCUT2D eigenvalue weighted by Gasteiger charge is -2.39. The maximum Gasteiger partial charge on any atom is 0.227 e. The lowest BCUT2D eigenvalue weighted by Crippen LogP contribution is -2.47. The third kappa shape index (κ3) is 4.42. The molecular weight excluding hydrogens is 364 g/mol. The summed E-state index contributed by atoms with van der Waals surface area (Å²) in [7, 11) is 0. The van der Waals surface area contributed by atoms with Crippen molar-refractivity contribution in [3.63, 3.8) is 0 Å². The molecule has 5 nitrogen and oxygen atoms in total. The Kier molecular flexibility index (Phi) is 5.79. The van der Waals surface area contributed by atoms with Crippen LogP contribution in [0.25, 0.3) is 0 Å². The molecule has 4 rings (SSSR count). The SMILES string of the molecule is Cc1cc(=O)c(O)c(CN2CCN(C(c3ccccc3)c3ccccc3)CC2)o1. The molecule has 2 aromatic carbocycles. The molecule has 0 unspecified atom stereocenters. The van der Waals surface area contributed by atoms with Crippen molar-refractivity contribution in [3.05, 3.63) is 99.6 Å². The van der Waals surface area contributed by atoms with Gasteiger partial charge in [-0.15, -0.1) is 0 Å². The first-order valence-electron chi connectivity index (χ1n) is 10.0. The molecule has 2 heterocycles. The Morgan fingerprint density at radius 1 is 0.931 bits per heavy atom. The Morgan fingerprint density at radius 3 is 2.03 bits per heavy atom. The van der Waals surface area contributed by atoms with Gasteiger partial charge in [0.15, 0.2) is 5.76 Å². The summed E-state index contributed by atoms with van der Waals surface area (Å²) in [6, 6.07) is 22.7. The minimum absolute atomic E-state index is 0.213. The van der Waals surface area contributed by atoms with Crippen LogP contribution in [0.3, 0.4) is 0 Å². The molecule has 1 aromatic heterocycles. The molecule has 0 bridgehead atoms. The molecule has 1 N–H and O–H groups in total. The number of aromatic hydroxyl groups is 1. The van der Waals surface area contributed by atoms with E-state index in [0.29, 0.717) is 18.1 Å². The van der Waals surface area contributed by atoms with E-state index in [4.69, 9.17) is 4.42 Å². The molecule has 0 saturated carbocycles. The molecule has 0 amide bonds. The Morgan fingerprint density at radius 2 is 1.48 bits per heavy atom. The molecule has 1 saturated heterocycles. The van der Waals surface area contributed by atoms with Crippen LogP contribution in [0.5, 0.6) is 5.75 Å². The normalized spacial score (nSPS) is 15.7. The average molecular weight is 390 g/mol. The predicted molar refractivity (Wildman–Crippen MR) is 113 cm³/mol. The third-order valence-corrected chi connectivity index (χ3v) is 5.49. The summed E-state index contributed by atoms with van der Waals surface area (Å²) in [6.45, 7) is 5.64. The zero-order valence-corrected chi connectivity index (χ0v) is 16.6. The van der Waals surface area contributed by atoms with Crippen LogP contribution < -0.4 is 5.43 Å². The van der Waals surface area contributed by atoms with E-state index in [9.17, 15) is 9.90 Å². The summed E-state index contributed by atoms with van der Waals surface area (Å²) in [5.41, 5.74) is 2.19. The van der Waals surface area contributed by atoms with Crippen LogP contribution in [0.1, 0.15) is 28.7 Å². The highest BCUT2D eigenvalue weighted by Crippen LogP contribution is 2.29. The topological polar surface area (TPSA) is 56.9 Å². The lowest BCUT2D eigenvalue weighted by molar-refractivity contribution is 0.0978. The fourth-order valence-corrected chi connectivity index (χ4v) is 4.04. The van der Waals surface area contributed by atoms with Gasteiger partial charge in [0.25, 0.3) is 0 Å². The number of aryl methyl sites for hydroxylation is 1. The Labute approximate surface area is 170 Å². The predicted octanol–water partition coefficient (Wildman–Crippen LogP) is 3.56. The van der Waals surface area contributed by atoms with Crippen molar-refractivity contribution < 1.29 is 9.52 Å². The summed E-state index contributed by atoms with van der Waals surface area (Å²) in [4.78, 5) is 16.5. The van der Waals surface area contributed by atoms with Gasteiger partial charge < -0.3 is 9.52 Å². The highest BCUT2D eigenvalue weighted by atomic mass is 16.4. The van der Waals surface area contributed by atoms with Gasteiger partial charge in [-0.25, -0.2) is 0 Å². The van der Waals surface area contributed by atoms with Crippen LogP contribution in [0.15, 0.2) is 75.9 Å². The van der Waals surface area contributed by atoms with Gasteiger partial charge >= 0.3 is 0 Å². The van der Waals surface area contributed by atoms with Gasteiger partial charge in [-0.05, 0) is 18.1 Å². The summed E-state index contributed by atoms with van der Waals surface area (Å²) in [6.07, 6.45) is 0. The molecule has 3 aromatic rings. The van der Waals surface area contributed by atoms with Crippen molar-refractivity contribution in [2.75, 3.05) is 26.2 Å². The van der Waals surface area contributed by atoms with Crippen molar-refractivity contribution in [2.45, 2.75) is 19.5 Å². The fraction of sp³-hybridized carbons (Fsp3) is 0.292. The van der Waals surface area contributed by atoms with Crippen LogP contribution in [0.2, 0.25) is 0 Å².